The fourth-order valence-electron chi connectivity index (χ4n) is 5.74. The first-order chi connectivity index (χ1) is 21.2. The maximum absolute atomic E-state index is 13.7. The van der Waals surface area contributed by atoms with Gasteiger partial charge in [0.25, 0.3) is 0 Å². The summed E-state index contributed by atoms with van der Waals surface area (Å²) in [5.74, 6) is -0.0423. The summed E-state index contributed by atoms with van der Waals surface area (Å²) in [5.41, 5.74) is 10.9. The molecule has 0 radical (unpaired) electrons. The van der Waals surface area contributed by atoms with Crippen LogP contribution in [0.1, 0.15) is 87.4 Å². The molecule has 1 aliphatic rings. The number of unbranched alkanes of at least 4 members (excludes halogenated alkanes) is 5. The summed E-state index contributed by atoms with van der Waals surface area (Å²) >= 11 is 1.58. The molecule has 1 unspecified atom stereocenters. The van der Waals surface area contributed by atoms with Crippen molar-refractivity contribution in [3.8, 4) is 16.2 Å². The fraction of sp³-hybridized carbons (Fsp3) is 0.576. The molecule has 0 saturated carbocycles. The third kappa shape index (κ3) is 10.4. The number of aliphatic hydroxyl groups excluding tert-OH is 1. The molecule has 2 aromatic heterocycles. The number of aliphatic hydroxyl groups is 1. The van der Waals surface area contributed by atoms with Crippen molar-refractivity contribution in [2.75, 3.05) is 19.7 Å². The van der Waals surface area contributed by atoms with Crippen LogP contribution in [0, 0.1) is 19.8 Å². The Morgan fingerprint density at radius 3 is 2.48 bits per heavy atom. The number of aryl methyl sites for hydroxylation is 2. The number of rotatable bonds is 16. The molecule has 256 valence electrons. The molecule has 13 heteroatoms. The average molecular weight is 699 g/mol. The zero-order valence-electron chi connectivity index (χ0n) is 27.2. The summed E-state index contributed by atoms with van der Waals surface area (Å²) in [7, 11) is 0. The first-order valence-electron chi connectivity index (χ1n) is 15.7. The Morgan fingerprint density at radius 2 is 1.85 bits per heavy atom. The molecule has 0 spiro atoms. The van der Waals surface area contributed by atoms with Crippen LogP contribution >= 0.6 is 36.2 Å². The van der Waals surface area contributed by atoms with Crippen molar-refractivity contribution in [1.82, 2.24) is 20.4 Å². The third-order valence-electron chi connectivity index (χ3n) is 8.13. The normalized spacial score (nSPS) is 16.5. The molecule has 0 aliphatic carbocycles. The van der Waals surface area contributed by atoms with Gasteiger partial charge in [-0.3, -0.25) is 9.59 Å². The highest BCUT2D eigenvalue weighted by Gasteiger charge is 2.43. The van der Waals surface area contributed by atoms with E-state index >= 15 is 0 Å². The van der Waals surface area contributed by atoms with E-state index in [2.05, 4.69) is 15.5 Å². The van der Waals surface area contributed by atoms with Crippen molar-refractivity contribution in [1.29, 1.82) is 0 Å². The van der Waals surface area contributed by atoms with Crippen LogP contribution in [0.25, 0.3) is 10.4 Å². The molecular weight excluding hydrogens is 649 g/mol. The van der Waals surface area contributed by atoms with E-state index in [0.29, 0.717) is 18.1 Å². The molecule has 3 atom stereocenters. The van der Waals surface area contributed by atoms with Crippen molar-refractivity contribution in [2.24, 2.45) is 11.7 Å². The summed E-state index contributed by atoms with van der Waals surface area (Å²) in [6.07, 6.45) is 5.99. The predicted octanol–water partition coefficient (Wildman–Crippen LogP) is 5.95. The summed E-state index contributed by atoms with van der Waals surface area (Å²) in [5, 5.41) is 17.5. The molecule has 1 fully saturated rings. The SMILES string of the molecule is Cc1cc(C(C(=O)N2C[C@H](O)C[C@H]2C(=O)NCc2ccc(-c3scnc3C)cc2OCCCCCCCCN)C(C)C)on1.Cl.Cl. The topological polar surface area (TPSA) is 144 Å². The number of nitrogens with zero attached hydrogens (tertiary/aromatic N) is 3. The van der Waals surface area contributed by atoms with Crippen molar-refractivity contribution >= 4 is 48.0 Å². The number of halogens is 2. The number of nitrogens with two attached hydrogens (primary N) is 1. The number of hydrogen-bond acceptors (Lipinski definition) is 9. The van der Waals surface area contributed by atoms with Crippen molar-refractivity contribution in [3.63, 3.8) is 0 Å². The van der Waals surface area contributed by atoms with Gasteiger partial charge < -0.3 is 30.3 Å². The lowest BCUT2D eigenvalue weighted by Crippen LogP contribution is -2.48. The van der Waals surface area contributed by atoms with E-state index in [1.807, 2.05) is 44.5 Å². The van der Waals surface area contributed by atoms with Crippen LogP contribution < -0.4 is 15.8 Å². The van der Waals surface area contributed by atoms with Crippen LogP contribution in [0.3, 0.4) is 0 Å². The van der Waals surface area contributed by atoms with Crippen molar-refractivity contribution in [2.45, 2.75) is 97.2 Å². The third-order valence-corrected chi connectivity index (χ3v) is 9.11. The lowest BCUT2D eigenvalue weighted by Gasteiger charge is -2.28. The van der Waals surface area contributed by atoms with E-state index in [0.717, 1.165) is 66.1 Å². The van der Waals surface area contributed by atoms with E-state index in [-0.39, 0.29) is 62.1 Å². The first-order valence-corrected chi connectivity index (χ1v) is 16.6. The van der Waals surface area contributed by atoms with Gasteiger partial charge in [0.1, 0.15) is 23.5 Å². The molecule has 2 amide bonds. The molecule has 1 aliphatic heterocycles. The molecule has 1 aromatic carbocycles. The number of hydrogen-bond donors (Lipinski definition) is 3. The highest BCUT2D eigenvalue weighted by atomic mass is 35.5. The van der Waals surface area contributed by atoms with Crippen molar-refractivity contribution < 1.29 is 24.0 Å². The average Bonchev–Trinajstić information content (AvgIpc) is 3.73. The second kappa shape index (κ2) is 19.2. The van der Waals surface area contributed by atoms with Gasteiger partial charge in [-0.05, 0) is 50.8 Å². The van der Waals surface area contributed by atoms with Crippen LogP contribution in [0.15, 0.2) is 34.3 Å². The van der Waals surface area contributed by atoms with E-state index in [9.17, 15) is 14.7 Å². The second-order valence-corrected chi connectivity index (χ2v) is 12.9. The fourth-order valence-corrected chi connectivity index (χ4v) is 6.54. The maximum Gasteiger partial charge on any atom is 0.243 e. The zero-order chi connectivity index (χ0) is 31.6. The highest BCUT2D eigenvalue weighted by Crippen LogP contribution is 2.33. The Morgan fingerprint density at radius 1 is 1.13 bits per heavy atom. The number of aromatic nitrogens is 2. The van der Waals surface area contributed by atoms with Crippen molar-refractivity contribution in [3.05, 3.63) is 52.5 Å². The first kappa shape index (κ1) is 39.5. The Labute approximate surface area is 288 Å². The van der Waals surface area contributed by atoms with E-state index in [1.165, 1.54) is 11.3 Å². The van der Waals surface area contributed by atoms with Gasteiger partial charge in [-0.25, -0.2) is 4.98 Å². The van der Waals surface area contributed by atoms with E-state index in [1.54, 1.807) is 24.3 Å². The van der Waals surface area contributed by atoms with E-state index < -0.39 is 18.1 Å². The summed E-state index contributed by atoms with van der Waals surface area (Å²) in [4.78, 5) is 34.2. The molecule has 4 rings (SSSR count). The molecular formula is C33H49Cl2N5O5S. The number of carbonyl (C=O) groups excluding carboxylic acids is 2. The molecule has 46 heavy (non-hydrogen) atoms. The highest BCUT2D eigenvalue weighted by molar-refractivity contribution is 7.13. The monoisotopic (exact) mass is 697 g/mol. The Hall–Kier alpha value is -2.70. The standard InChI is InChI=1S/C33H47N5O5S.2ClH/c1-21(2)30(29-15-22(3)37-43-29)33(41)38-19-26(39)17-27(38)32(40)35-18-25-12-11-24(31-23(4)36-20-44-31)16-28(25)42-14-10-8-6-5-7-9-13-34;;/h11-12,15-16,20-21,26-27,30,39H,5-10,13-14,17-19,34H2,1-4H3,(H,35,40);2*1H/t26-,27+,30?;;/m1../s1. The van der Waals surface area contributed by atoms with Gasteiger partial charge in [0, 0.05) is 31.1 Å². The minimum absolute atomic E-state index is 0. The molecule has 3 aromatic rings. The van der Waals surface area contributed by atoms with Gasteiger partial charge in [-0.1, -0.05) is 56.8 Å². The zero-order valence-corrected chi connectivity index (χ0v) is 29.6. The molecule has 1 saturated heterocycles. The summed E-state index contributed by atoms with van der Waals surface area (Å²) in [6, 6.07) is 6.99. The summed E-state index contributed by atoms with van der Waals surface area (Å²) < 4.78 is 11.7. The lowest BCUT2D eigenvalue weighted by atomic mass is 9.91. The van der Waals surface area contributed by atoms with Gasteiger partial charge in [0.15, 0.2) is 0 Å². The minimum Gasteiger partial charge on any atom is -0.493 e. The van der Waals surface area contributed by atoms with Gasteiger partial charge in [-0.2, -0.15) is 0 Å². The largest absolute Gasteiger partial charge is 0.493 e. The number of carbonyl (C=O) groups is 2. The van der Waals surface area contributed by atoms with Crippen LogP contribution in [0.4, 0.5) is 0 Å². The molecule has 4 N–H and O–H groups in total. The van der Waals surface area contributed by atoms with Gasteiger partial charge in [0.05, 0.1) is 34.5 Å². The van der Waals surface area contributed by atoms with Crippen LogP contribution in [-0.4, -0.2) is 63.8 Å². The minimum atomic E-state index is -0.787. The number of thiazole rings is 1. The second-order valence-electron chi connectivity index (χ2n) is 12.1. The van der Waals surface area contributed by atoms with Gasteiger partial charge in [-0.15, -0.1) is 36.2 Å². The molecule has 0 bridgehead atoms. The summed E-state index contributed by atoms with van der Waals surface area (Å²) in [6.45, 7) is 9.31. The number of β-amino-alcohol motifs (C(OH)–C–C–N with tert-alkyl or cyclic N) is 1. The van der Waals surface area contributed by atoms with Crippen LogP contribution in [0.5, 0.6) is 5.75 Å². The number of benzene rings is 1. The Bertz CT molecular complexity index is 1380. The number of nitrogens with one attached hydrogen (secondary N) is 1. The Balaban J connectivity index is 0.00000368. The molecule has 10 nitrogen and oxygen atoms in total. The smallest absolute Gasteiger partial charge is 0.243 e. The van der Waals surface area contributed by atoms with Crippen LogP contribution in [-0.2, 0) is 16.1 Å². The maximum atomic E-state index is 13.7. The number of likely N-dealkylation sites (tertiary alicyclic amines) is 1. The Kier molecular flexibility index (Phi) is 16.5. The van der Waals surface area contributed by atoms with E-state index in [4.69, 9.17) is 15.0 Å². The number of ether oxygens (including phenoxy) is 1. The van der Waals surface area contributed by atoms with Crippen LogP contribution in [0.2, 0.25) is 0 Å². The predicted molar refractivity (Wildman–Crippen MR) is 186 cm³/mol. The van der Waals surface area contributed by atoms with Gasteiger partial charge >= 0.3 is 0 Å². The van der Waals surface area contributed by atoms with Gasteiger partial charge in [0.2, 0.25) is 11.8 Å². The quantitative estimate of drug-likeness (QED) is 0.156. The number of amides is 2. The molecule has 3 heterocycles. The lowest BCUT2D eigenvalue weighted by molar-refractivity contribution is -0.141.